The van der Waals surface area contributed by atoms with Gasteiger partial charge in [-0.3, -0.25) is 19.3 Å². The van der Waals surface area contributed by atoms with E-state index in [2.05, 4.69) is 4.99 Å². The van der Waals surface area contributed by atoms with Gasteiger partial charge < -0.3 is 20.1 Å². The number of H-pyrrole nitrogens is 1. The summed E-state index contributed by atoms with van der Waals surface area (Å²) in [5.41, 5.74) is -1.40. The van der Waals surface area contributed by atoms with Crippen molar-refractivity contribution in [3.63, 3.8) is 0 Å². The molecule has 9 nitrogen and oxygen atoms in total. The maximum absolute atomic E-state index is 12.1. The zero-order valence-corrected chi connectivity index (χ0v) is 15.1. The molecule has 1 aromatic rings. The molecule has 0 bridgehead atoms. The molecule has 0 saturated carbocycles. The minimum absolute atomic E-state index is 0.0345. The second-order valence-corrected chi connectivity index (χ2v) is 7.99. The predicted molar refractivity (Wildman–Crippen MR) is 90.5 cm³/mol. The van der Waals surface area contributed by atoms with E-state index in [0.717, 1.165) is 32.2 Å². The van der Waals surface area contributed by atoms with Crippen LogP contribution in [0, 0.1) is 0 Å². The number of nitrogens with zero attached hydrogens (tertiary/aromatic N) is 2. The third-order valence-corrected chi connectivity index (χ3v) is 6.26. The second-order valence-electron chi connectivity index (χ2n) is 5.32. The van der Waals surface area contributed by atoms with Gasteiger partial charge in [-0.2, -0.15) is 13.2 Å². The Labute approximate surface area is 157 Å². The normalized spacial score (nSPS) is 26.5. The van der Waals surface area contributed by atoms with Crippen LogP contribution in [-0.2, 0) is 4.74 Å². The first-order valence-corrected chi connectivity index (χ1v) is 9.86. The van der Waals surface area contributed by atoms with Gasteiger partial charge >= 0.3 is 11.9 Å². The lowest BCUT2D eigenvalue weighted by Crippen LogP contribution is -2.36. The summed E-state index contributed by atoms with van der Waals surface area (Å²) in [5, 5.41) is 29.4. The first kappa shape index (κ1) is 21.8. The second kappa shape index (κ2) is 9.14. The SMILES string of the molecule is O=c1ccn([C@@H]2O[C@H](CO)[C@H](O)C2SSCCN=C([O-])C(F)(F)F)c(=O)[nH]1. The molecule has 1 aliphatic rings. The molecule has 0 spiro atoms. The van der Waals surface area contributed by atoms with E-state index in [1.54, 1.807) is 0 Å². The van der Waals surface area contributed by atoms with E-state index in [4.69, 9.17) is 4.74 Å². The highest BCUT2D eigenvalue weighted by Crippen LogP contribution is 2.42. The molecular formula is C13H15F3N3O6S2-. The Bertz CT molecular complexity index is 784. The number of aliphatic hydroxyl groups excluding tert-OH is 2. The first-order valence-electron chi connectivity index (χ1n) is 7.48. The molecule has 152 valence electrons. The zero-order chi connectivity index (χ0) is 20.2. The van der Waals surface area contributed by atoms with E-state index in [-0.39, 0.29) is 12.3 Å². The molecule has 4 atom stereocenters. The van der Waals surface area contributed by atoms with Gasteiger partial charge in [0.25, 0.3) is 5.56 Å². The van der Waals surface area contributed by atoms with E-state index >= 15 is 0 Å². The first-order chi connectivity index (χ1) is 12.6. The average Bonchev–Trinajstić information content (AvgIpc) is 2.89. The fourth-order valence-electron chi connectivity index (χ4n) is 2.23. The van der Waals surface area contributed by atoms with Crippen molar-refractivity contribution < 1.29 is 33.2 Å². The van der Waals surface area contributed by atoms with Crippen LogP contribution in [0.15, 0.2) is 26.8 Å². The number of hydrogen-bond acceptors (Lipinski definition) is 9. The molecule has 1 aliphatic heterocycles. The lowest BCUT2D eigenvalue weighted by molar-refractivity contribution is -0.262. The van der Waals surface area contributed by atoms with E-state index < -0.39 is 53.6 Å². The van der Waals surface area contributed by atoms with E-state index in [0.29, 0.717) is 0 Å². The van der Waals surface area contributed by atoms with Crippen molar-refractivity contribution in [2.24, 2.45) is 4.99 Å². The van der Waals surface area contributed by atoms with Crippen LogP contribution in [0.2, 0.25) is 0 Å². The summed E-state index contributed by atoms with van der Waals surface area (Å²) in [6.45, 7) is -0.903. The third-order valence-electron chi connectivity index (χ3n) is 3.47. The number of ether oxygens (including phenoxy) is 1. The van der Waals surface area contributed by atoms with Crippen LogP contribution >= 0.6 is 21.6 Å². The minimum atomic E-state index is -5.02. The highest BCUT2D eigenvalue weighted by Gasteiger charge is 2.45. The molecular weight excluding hydrogens is 415 g/mol. The molecule has 0 amide bonds. The Morgan fingerprint density at radius 3 is 2.74 bits per heavy atom. The van der Waals surface area contributed by atoms with Crippen molar-refractivity contribution in [2.75, 3.05) is 18.9 Å². The summed E-state index contributed by atoms with van der Waals surface area (Å²) < 4.78 is 42.7. The molecule has 1 saturated heterocycles. The molecule has 2 rings (SSSR count). The summed E-state index contributed by atoms with van der Waals surface area (Å²) in [5.74, 6) is -2.14. The Morgan fingerprint density at radius 2 is 2.15 bits per heavy atom. The fourth-order valence-corrected chi connectivity index (χ4v) is 4.83. The number of aromatic amines is 1. The number of halogens is 3. The molecule has 0 aromatic carbocycles. The quantitative estimate of drug-likeness (QED) is 0.213. The minimum Gasteiger partial charge on any atom is -0.856 e. The van der Waals surface area contributed by atoms with Crippen molar-refractivity contribution >= 4 is 27.5 Å². The number of aliphatic imine (C=N–C) groups is 1. The summed E-state index contributed by atoms with van der Waals surface area (Å²) in [6.07, 6.45) is -7.02. The maximum Gasteiger partial charge on any atom is 0.419 e. The van der Waals surface area contributed by atoms with E-state index in [9.17, 15) is 38.1 Å². The van der Waals surface area contributed by atoms with Crippen LogP contribution in [0.25, 0.3) is 0 Å². The Hall–Kier alpha value is -1.48. The van der Waals surface area contributed by atoms with Crippen LogP contribution in [0.5, 0.6) is 0 Å². The summed E-state index contributed by atoms with van der Waals surface area (Å²) >= 11 is 0. The fraction of sp³-hybridized carbons (Fsp3) is 0.615. The highest BCUT2D eigenvalue weighted by atomic mass is 33.1. The van der Waals surface area contributed by atoms with Crippen molar-refractivity contribution in [2.45, 2.75) is 29.9 Å². The monoisotopic (exact) mass is 430 g/mol. The van der Waals surface area contributed by atoms with Crippen molar-refractivity contribution in [1.82, 2.24) is 9.55 Å². The number of aliphatic hydroxyl groups is 2. The smallest absolute Gasteiger partial charge is 0.419 e. The topological polar surface area (TPSA) is 140 Å². The zero-order valence-electron chi connectivity index (χ0n) is 13.5. The maximum atomic E-state index is 12.1. The molecule has 0 aliphatic carbocycles. The number of nitrogens with one attached hydrogen (secondary N) is 1. The Balaban J connectivity index is 2.03. The van der Waals surface area contributed by atoms with Crippen molar-refractivity contribution in [3.8, 4) is 0 Å². The van der Waals surface area contributed by atoms with Gasteiger partial charge in [0.05, 0.1) is 23.9 Å². The van der Waals surface area contributed by atoms with E-state index in [1.165, 1.54) is 6.20 Å². The van der Waals surface area contributed by atoms with Crippen molar-refractivity contribution in [1.29, 1.82) is 0 Å². The molecule has 3 N–H and O–H groups in total. The summed E-state index contributed by atoms with van der Waals surface area (Å²) in [4.78, 5) is 28.0. The van der Waals surface area contributed by atoms with Gasteiger partial charge in [-0.15, -0.1) is 0 Å². The molecule has 14 heteroatoms. The number of aromatic nitrogens is 2. The molecule has 1 aromatic heterocycles. The van der Waals surface area contributed by atoms with Gasteiger partial charge in [0.1, 0.15) is 6.10 Å². The standard InChI is InChI=1S/C13H16F3N3O6S2/c14-13(15,16)11(23)17-2-4-26-27-9-8(22)6(5-20)25-10(9)19-3-1-7(21)18-12(19)24/h1,3,6,8-10,20,22H,2,4-5H2,(H,17,23)(H,18,21,24)/p-1/t6-,8+,9?,10-/m1/s1. The van der Waals surface area contributed by atoms with Crippen molar-refractivity contribution in [3.05, 3.63) is 33.1 Å². The Kier molecular flexibility index (Phi) is 7.39. The van der Waals surface area contributed by atoms with Gasteiger partial charge in [-0.25, -0.2) is 4.79 Å². The van der Waals surface area contributed by atoms with Crippen LogP contribution in [0.3, 0.4) is 0 Å². The largest absolute Gasteiger partial charge is 0.856 e. The number of alkyl halides is 3. The summed E-state index contributed by atoms with van der Waals surface area (Å²) in [6, 6.07) is 1.08. The lowest BCUT2D eigenvalue weighted by atomic mass is 10.2. The molecule has 1 fully saturated rings. The third kappa shape index (κ3) is 5.51. The van der Waals surface area contributed by atoms with Gasteiger partial charge in [0.2, 0.25) is 0 Å². The van der Waals surface area contributed by atoms with Gasteiger partial charge in [-0.1, -0.05) is 21.6 Å². The number of hydrogen-bond donors (Lipinski definition) is 3. The molecule has 1 unspecified atom stereocenters. The Morgan fingerprint density at radius 1 is 1.44 bits per heavy atom. The van der Waals surface area contributed by atoms with Crippen LogP contribution < -0.4 is 16.4 Å². The van der Waals surface area contributed by atoms with Crippen LogP contribution in [0.1, 0.15) is 6.23 Å². The molecule has 2 heterocycles. The van der Waals surface area contributed by atoms with Crippen LogP contribution in [0.4, 0.5) is 13.2 Å². The van der Waals surface area contributed by atoms with Gasteiger partial charge in [-0.05, 0) is 0 Å². The number of rotatable bonds is 7. The molecule has 0 radical (unpaired) electrons. The predicted octanol–water partition coefficient (Wildman–Crippen LogP) is -1.14. The molecule has 27 heavy (non-hydrogen) atoms. The highest BCUT2D eigenvalue weighted by molar-refractivity contribution is 8.77. The van der Waals surface area contributed by atoms with Crippen LogP contribution in [-0.4, -0.2) is 68.2 Å². The lowest BCUT2D eigenvalue weighted by Gasteiger charge is -2.20. The van der Waals surface area contributed by atoms with Gasteiger partial charge in [0, 0.05) is 24.6 Å². The summed E-state index contributed by atoms with van der Waals surface area (Å²) in [7, 11) is 2.03. The van der Waals surface area contributed by atoms with Gasteiger partial charge in [0.15, 0.2) is 6.23 Å². The average molecular weight is 430 g/mol. The van der Waals surface area contributed by atoms with E-state index in [1.807, 2.05) is 4.98 Å².